The van der Waals surface area contributed by atoms with Crippen LogP contribution in [0.2, 0.25) is 0 Å². The molecule has 0 radical (unpaired) electrons. The molecule has 3 aromatic rings. The Bertz CT molecular complexity index is 1070. The second-order valence-corrected chi connectivity index (χ2v) is 6.13. The molecule has 144 valence electrons. The maximum Gasteiger partial charge on any atom is 0.287 e. The van der Waals surface area contributed by atoms with Crippen molar-refractivity contribution in [2.45, 2.75) is 13.2 Å². The second kappa shape index (κ2) is 7.20. The Morgan fingerprint density at radius 2 is 2.18 bits per heavy atom. The molecule has 9 nitrogen and oxygen atoms in total. The van der Waals surface area contributed by atoms with Gasteiger partial charge in [-0.3, -0.25) is 14.9 Å². The van der Waals surface area contributed by atoms with Gasteiger partial charge in [0.25, 0.3) is 11.6 Å². The summed E-state index contributed by atoms with van der Waals surface area (Å²) >= 11 is 0. The third-order valence-electron chi connectivity index (χ3n) is 4.37. The van der Waals surface area contributed by atoms with Crippen LogP contribution in [0.3, 0.4) is 0 Å². The van der Waals surface area contributed by atoms with E-state index in [4.69, 9.17) is 18.6 Å². The molecule has 1 aliphatic heterocycles. The van der Waals surface area contributed by atoms with E-state index >= 15 is 0 Å². The number of furan rings is 1. The lowest BCUT2D eigenvalue weighted by Gasteiger charge is -2.20. The van der Waals surface area contributed by atoms with Gasteiger partial charge < -0.3 is 23.9 Å². The predicted molar refractivity (Wildman–Crippen MR) is 97.3 cm³/mol. The molecule has 0 spiro atoms. The summed E-state index contributed by atoms with van der Waals surface area (Å²) in [4.78, 5) is 23.2. The lowest BCUT2D eigenvalue weighted by Crippen LogP contribution is -2.24. The van der Waals surface area contributed by atoms with Crippen molar-refractivity contribution in [1.29, 1.82) is 0 Å². The number of carbonyl (C=O) groups is 1. The quantitative estimate of drug-likeness (QED) is 0.531. The van der Waals surface area contributed by atoms with Gasteiger partial charge in [0.1, 0.15) is 5.75 Å². The van der Waals surface area contributed by atoms with Crippen LogP contribution in [0.5, 0.6) is 11.5 Å². The zero-order valence-electron chi connectivity index (χ0n) is 14.9. The van der Waals surface area contributed by atoms with Gasteiger partial charge in [0.05, 0.1) is 18.6 Å². The molecular weight excluding hydrogens is 368 g/mol. The average molecular weight is 384 g/mol. The van der Waals surface area contributed by atoms with E-state index in [2.05, 4.69) is 5.32 Å². The predicted octanol–water partition coefficient (Wildman–Crippen LogP) is 3.15. The normalized spacial score (nSPS) is 12.9. The number of nitro benzene ring substituents is 1. The Morgan fingerprint density at radius 3 is 2.96 bits per heavy atom. The van der Waals surface area contributed by atoms with Crippen molar-refractivity contribution in [3.05, 3.63) is 63.4 Å². The van der Waals surface area contributed by atoms with Crippen molar-refractivity contribution in [1.82, 2.24) is 5.32 Å². The zero-order valence-corrected chi connectivity index (χ0v) is 14.9. The van der Waals surface area contributed by atoms with Crippen molar-refractivity contribution in [3.8, 4) is 11.5 Å². The summed E-state index contributed by atoms with van der Waals surface area (Å²) in [5.41, 5.74) is 1.45. The summed E-state index contributed by atoms with van der Waals surface area (Å²) < 4.78 is 21.5. The minimum absolute atomic E-state index is 0.0387. The first-order valence-electron chi connectivity index (χ1n) is 8.42. The number of para-hydroxylation sites is 1. The SMILES string of the molecule is COc1cccc2cc(C(=O)NCc3cc([N+](=O)[O-])cc4c3OCOC4)oc12. The first-order chi connectivity index (χ1) is 13.6. The van der Waals surface area contributed by atoms with Gasteiger partial charge in [-0.15, -0.1) is 0 Å². The molecule has 0 fully saturated rings. The molecule has 4 rings (SSSR count). The van der Waals surface area contributed by atoms with E-state index in [-0.39, 0.29) is 31.4 Å². The number of nitrogens with zero attached hydrogens (tertiary/aromatic N) is 1. The van der Waals surface area contributed by atoms with Crippen molar-refractivity contribution < 1.29 is 28.3 Å². The molecule has 0 atom stereocenters. The number of methoxy groups -OCH3 is 1. The molecule has 2 heterocycles. The number of rotatable bonds is 5. The first kappa shape index (κ1) is 17.8. The van der Waals surface area contributed by atoms with Crippen LogP contribution < -0.4 is 14.8 Å². The molecule has 0 bridgehead atoms. The Morgan fingerprint density at radius 1 is 1.32 bits per heavy atom. The highest BCUT2D eigenvalue weighted by atomic mass is 16.7. The molecule has 28 heavy (non-hydrogen) atoms. The number of hydrogen-bond acceptors (Lipinski definition) is 7. The molecule has 0 saturated carbocycles. The van der Waals surface area contributed by atoms with Gasteiger partial charge in [-0.1, -0.05) is 12.1 Å². The van der Waals surface area contributed by atoms with E-state index in [0.29, 0.717) is 28.2 Å². The van der Waals surface area contributed by atoms with Crippen molar-refractivity contribution in [2.24, 2.45) is 0 Å². The van der Waals surface area contributed by atoms with Gasteiger partial charge in [0.15, 0.2) is 23.9 Å². The topological polar surface area (TPSA) is 113 Å². The Balaban J connectivity index is 1.58. The molecular formula is C19H16N2O7. The maximum atomic E-state index is 12.5. The summed E-state index contributed by atoms with van der Waals surface area (Å²) in [6.07, 6.45) is 0. The van der Waals surface area contributed by atoms with Crippen molar-refractivity contribution in [3.63, 3.8) is 0 Å². The van der Waals surface area contributed by atoms with Crippen LogP contribution in [0.1, 0.15) is 21.7 Å². The highest BCUT2D eigenvalue weighted by Gasteiger charge is 2.22. The van der Waals surface area contributed by atoms with Crippen molar-refractivity contribution >= 4 is 22.6 Å². The summed E-state index contributed by atoms with van der Waals surface area (Å²) in [6.45, 7) is 0.299. The standard InChI is InChI=1S/C19H16N2O7/c1-25-15-4-2-3-11-7-16(28-18(11)15)19(22)20-8-12-5-14(21(23)24)6-13-9-26-10-27-17(12)13/h2-7H,8-10H2,1H3,(H,20,22). The number of carbonyl (C=O) groups excluding carboxylic acids is 1. The van der Waals surface area contributed by atoms with Crippen LogP contribution in [-0.2, 0) is 17.9 Å². The summed E-state index contributed by atoms with van der Waals surface area (Å²) in [5.74, 6) is 0.676. The van der Waals surface area contributed by atoms with Crippen LogP contribution in [0, 0.1) is 10.1 Å². The largest absolute Gasteiger partial charge is 0.493 e. The molecule has 1 aliphatic rings. The highest BCUT2D eigenvalue weighted by molar-refractivity contribution is 5.97. The number of fused-ring (bicyclic) bond motifs is 2. The van der Waals surface area contributed by atoms with E-state index in [1.165, 1.54) is 19.2 Å². The number of nitrogens with one attached hydrogen (secondary N) is 1. The first-order valence-corrected chi connectivity index (χ1v) is 8.42. The Labute approximate surface area is 158 Å². The van der Waals surface area contributed by atoms with Crippen LogP contribution in [0.25, 0.3) is 11.0 Å². The van der Waals surface area contributed by atoms with E-state index < -0.39 is 10.8 Å². The minimum Gasteiger partial charge on any atom is -0.493 e. The minimum atomic E-state index is -0.494. The number of ether oxygens (including phenoxy) is 3. The van der Waals surface area contributed by atoms with E-state index in [1.54, 1.807) is 18.2 Å². The monoisotopic (exact) mass is 384 g/mol. The Hall–Kier alpha value is -3.59. The molecule has 0 aliphatic carbocycles. The van der Waals surface area contributed by atoms with Gasteiger partial charge in [-0.05, 0) is 12.1 Å². The zero-order chi connectivity index (χ0) is 19.7. The lowest BCUT2D eigenvalue weighted by molar-refractivity contribution is -0.385. The van der Waals surface area contributed by atoms with Gasteiger partial charge in [-0.2, -0.15) is 0 Å². The number of amides is 1. The second-order valence-electron chi connectivity index (χ2n) is 6.13. The smallest absolute Gasteiger partial charge is 0.287 e. The van der Waals surface area contributed by atoms with Crippen molar-refractivity contribution in [2.75, 3.05) is 13.9 Å². The number of nitro groups is 1. The van der Waals surface area contributed by atoms with Gasteiger partial charge in [0.2, 0.25) is 0 Å². The number of benzene rings is 2. The van der Waals surface area contributed by atoms with Crippen LogP contribution in [-0.4, -0.2) is 24.7 Å². The highest BCUT2D eigenvalue weighted by Crippen LogP contribution is 2.33. The van der Waals surface area contributed by atoms with E-state index in [9.17, 15) is 14.9 Å². The van der Waals surface area contributed by atoms with E-state index in [1.807, 2.05) is 6.07 Å². The molecule has 0 unspecified atom stereocenters. The number of non-ortho nitro benzene ring substituents is 1. The summed E-state index contributed by atoms with van der Waals surface area (Å²) in [6, 6.07) is 9.75. The fourth-order valence-corrected chi connectivity index (χ4v) is 3.09. The van der Waals surface area contributed by atoms with Crippen LogP contribution in [0.4, 0.5) is 5.69 Å². The molecule has 1 amide bonds. The fraction of sp³-hybridized carbons (Fsp3) is 0.211. The lowest BCUT2D eigenvalue weighted by atomic mass is 10.1. The number of hydrogen-bond donors (Lipinski definition) is 1. The maximum absolute atomic E-state index is 12.5. The van der Waals surface area contributed by atoms with E-state index in [0.717, 1.165) is 5.39 Å². The summed E-state index contributed by atoms with van der Waals surface area (Å²) in [7, 11) is 1.52. The van der Waals surface area contributed by atoms with Crippen LogP contribution in [0.15, 0.2) is 40.8 Å². The van der Waals surface area contributed by atoms with Gasteiger partial charge >= 0.3 is 0 Å². The summed E-state index contributed by atoms with van der Waals surface area (Å²) in [5, 5.41) is 14.6. The van der Waals surface area contributed by atoms with Crippen LogP contribution >= 0.6 is 0 Å². The third kappa shape index (κ3) is 3.23. The van der Waals surface area contributed by atoms with Gasteiger partial charge in [0, 0.05) is 35.2 Å². The Kier molecular flexibility index (Phi) is 4.58. The molecule has 9 heteroatoms. The molecule has 1 aromatic heterocycles. The van der Waals surface area contributed by atoms with Gasteiger partial charge in [-0.25, -0.2) is 0 Å². The molecule has 0 saturated heterocycles. The molecule has 1 N–H and O–H groups in total. The molecule has 2 aromatic carbocycles. The average Bonchev–Trinajstić information content (AvgIpc) is 3.16. The fourth-order valence-electron chi connectivity index (χ4n) is 3.09. The third-order valence-corrected chi connectivity index (χ3v) is 4.37.